The molecule has 0 N–H and O–H groups in total. The van der Waals surface area contributed by atoms with Gasteiger partial charge in [-0.05, 0) is 49.1 Å². The van der Waals surface area contributed by atoms with E-state index in [4.69, 9.17) is 4.42 Å². The number of benzene rings is 2. The second kappa shape index (κ2) is 7.97. The fourth-order valence-electron chi connectivity index (χ4n) is 3.58. The van der Waals surface area contributed by atoms with Crippen LogP contribution in [-0.2, 0) is 5.41 Å². The second-order valence-corrected chi connectivity index (χ2v) is 7.69. The summed E-state index contributed by atoms with van der Waals surface area (Å²) in [5, 5.41) is 8.41. The molecule has 0 spiro atoms. The molecule has 0 aliphatic heterocycles. The van der Waals surface area contributed by atoms with E-state index in [0.717, 1.165) is 17.5 Å². The van der Waals surface area contributed by atoms with E-state index in [9.17, 15) is 0 Å². The van der Waals surface area contributed by atoms with Crippen LogP contribution < -0.4 is 0 Å². The summed E-state index contributed by atoms with van der Waals surface area (Å²) >= 11 is 0. The number of hydrogen-bond donors (Lipinski definition) is 0. The van der Waals surface area contributed by atoms with Gasteiger partial charge in [-0.25, -0.2) is 0 Å². The molecule has 1 heterocycles. The lowest BCUT2D eigenvalue weighted by molar-refractivity contribution is 0.582. The molecule has 4 rings (SSSR count). The van der Waals surface area contributed by atoms with E-state index in [1.807, 2.05) is 30.3 Å². The fraction of sp³-hybridized carbons (Fsp3) is 0.280. The first-order valence-electron chi connectivity index (χ1n) is 10.1. The maximum absolute atomic E-state index is 5.87. The summed E-state index contributed by atoms with van der Waals surface area (Å²) in [5.41, 5.74) is 4.69. The molecule has 142 valence electrons. The number of unbranched alkanes of at least 4 members (excludes halogenated alkanes) is 1. The Labute approximate surface area is 166 Å². The van der Waals surface area contributed by atoms with Crippen molar-refractivity contribution in [1.82, 2.24) is 10.2 Å². The normalized spacial score (nSPS) is 18.9. The van der Waals surface area contributed by atoms with Crippen LogP contribution in [0.4, 0.5) is 0 Å². The summed E-state index contributed by atoms with van der Waals surface area (Å²) in [7, 11) is 0. The summed E-state index contributed by atoms with van der Waals surface area (Å²) in [6, 6.07) is 18.4. The van der Waals surface area contributed by atoms with Crippen molar-refractivity contribution in [2.24, 2.45) is 0 Å². The van der Waals surface area contributed by atoms with Crippen molar-refractivity contribution in [2.45, 2.75) is 44.9 Å². The van der Waals surface area contributed by atoms with Gasteiger partial charge in [0.05, 0.1) is 0 Å². The molecule has 1 aromatic heterocycles. The third-order valence-electron chi connectivity index (χ3n) is 5.51. The van der Waals surface area contributed by atoms with Crippen molar-refractivity contribution in [3.8, 4) is 22.9 Å². The molecule has 1 aliphatic rings. The van der Waals surface area contributed by atoms with Crippen LogP contribution in [0, 0.1) is 0 Å². The lowest BCUT2D eigenvalue weighted by atomic mass is 9.75. The van der Waals surface area contributed by atoms with Gasteiger partial charge < -0.3 is 4.42 Å². The highest BCUT2D eigenvalue weighted by Gasteiger charge is 2.25. The zero-order valence-corrected chi connectivity index (χ0v) is 16.6. The maximum atomic E-state index is 5.87. The summed E-state index contributed by atoms with van der Waals surface area (Å²) in [4.78, 5) is 0. The van der Waals surface area contributed by atoms with Crippen molar-refractivity contribution in [1.29, 1.82) is 0 Å². The van der Waals surface area contributed by atoms with E-state index in [-0.39, 0.29) is 5.41 Å². The molecule has 0 fully saturated rings. The zero-order chi connectivity index (χ0) is 19.4. The summed E-state index contributed by atoms with van der Waals surface area (Å²) in [6.07, 6.45) is 11.8. The van der Waals surface area contributed by atoms with Crippen molar-refractivity contribution in [3.05, 3.63) is 84.0 Å². The van der Waals surface area contributed by atoms with Crippen LogP contribution in [0.3, 0.4) is 0 Å². The molecule has 1 atom stereocenters. The summed E-state index contributed by atoms with van der Waals surface area (Å²) in [6.45, 7) is 4.54. The van der Waals surface area contributed by atoms with Gasteiger partial charge in [-0.15, -0.1) is 10.2 Å². The Morgan fingerprint density at radius 1 is 0.929 bits per heavy atom. The van der Waals surface area contributed by atoms with Crippen LogP contribution in [0.25, 0.3) is 22.9 Å². The molecule has 28 heavy (non-hydrogen) atoms. The van der Waals surface area contributed by atoms with Gasteiger partial charge in [-0.2, -0.15) is 0 Å². The van der Waals surface area contributed by atoms with Gasteiger partial charge in [0.2, 0.25) is 11.8 Å². The smallest absolute Gasteiger partial charge is 0.248 e. The number of rotatable bonds is 6. The first kappa shape index (κ1) is 18.4. The fourth-order valence-corrected chi connectivity index (χ4v) is 3.58. The topological polar surface area (TPSA) is 38.9 Å². The molecule has 0 saturated carbocycles. The average molecular weight is 370 g/mol. The highest BCUT2D eigenvalue weighted by Crippen LogP contribution is 2.35. The van der Waals surface area contributed by atoms with Crippen LogP contribution in [0.15, 0.2) is 82.8 Å². The molecule has 3 aromatic rings. The van der Waals surface area contributed by atoms with Gasteiger partial charge in [-0.1, -0.05) is 74.4 Å². The SMILES string of the molecule is CCCCC1=CCC(C)(c2ccc(-c3nnc(-c4ccccc4)o3)cc2)C=C1. The zero-order valence-electron chi connectivity index (χ0n) is 16.6. The Morgan fingerprint density at radius 2 is 1.61 bits per heavy atom. The maximum Gasteiger partial charge on any atom is 0.248 e. The molecular weight excluding hydrogens is 344 g/mol. The Morgan fingerprint density at radius 3 is 2.21 bits per heavy atom. The van der Waals surface area contributed by atoms with Gasteiger partial charge in [-0.3, -0.25) is 0 Å². The summed E-state index contributed by atoms with van der Waals surface area (Å²) in [5.74, 6) is 1.10. The summed E-state index contributed by atoms with van der Waals surface area (Å²) < 4.78 is 5.87. The van der Waals surface area contributed by atoms with Crippen LogP contribution >= 0.6 is 0 Å². The van der Waals surface area contributed by atoms with E-state index < -0.39 is 0 Å². The van der Waals surface area contributed by atoms with E-state index in [1.54, 1.807) is 0 Å². The third kappa shape index (κ3) is 3.84. The molecule has 1 unspecified atom stereocenters. The molecule has 2 aromatic carbocycles. The van der Waals surface area contributed by atoms with E-state index in [0.29, 0.717) is 11.8 Å². The first-order chi connectivity index (χ1) is 13.7. The first-order valence-corrected chi connectivity index (χ1v) is 10.1. The van der Waals surface area contributed by atoms with Crippen LogP contribution in [0.2, 0.25) is 0 Å². The molecule has 0 amide bonds. The highest BCUT2D eigenvalue weighted by atomic mass is 16.4. The number of hydrogen-bond acceptors (Lipinski definition) is 3. The standard InChI is InChI=1S/C25H26N2O/c1-3-4-8-19-15-17-25(2,18-16-19)22-13-11-21(12-14-22)24-27-26-23(28-24)20-9-6-5-7-10-20/h5-7,9-17H,3-4,8,18H2,1-2H3. The van der Waals surface area contributed by atoms with Crippen LogP contribution in [-0.4, -0.2) is 10.2 Å². The van der Waals surface area contributed by atoms with E-state index >= 15 is 0 Å². The van der Waals surface area contributed by atoms with Gasteiger partial charge in [0.1, 0.15) is 0 Å². The third-order valence-corrected chi connectivity index (χ3v) is 5.51. The van der Waals surface area contributed by atoms with Gasteiger partial charge in [0.25, 0.3) is 0 Å². The Hall–Kier alpha value is -2.94. The van der Waals surface area contributed by atoms with Crippen LogP contribution in [0.1, 0.15) is 45.1 Å². The number of allylic oxidation sites excluding steroid dienone is 4. The second-order valence-electron chi connectivity index (χ2n) is 7.69. The Kier molecular flexibility index (Phi) is 5.25. The minimum atomic E-state index is 0.0400. The van der Waals surface area contributed by atoms with Gasteiger partial charge in [0, 0.05) is 16.5 Å². The largest absolute Gasteiger partial charge is 0.416 e. The number of nitrogens with zero attached hydrogens (tertiary/aromatic N) is 2. The van der Waals surface area contributed by atoms with Crippen molar-refractivity contribution in [2.75, 3.05) is 0 Å². The molecule has 3 heteroatoms. The van der Waals surface area contributed by atoms with E-state index in [1.165, 1.54) is 30.4 Å². The molecule has 1 aliphatic carbocycles. The van der Waals surface area contributed by atoms with E-state index in [2.05, 4.69) is 66.5 Å². The lowest BCUT2D eigenvalue weighted by Crippen LogP contribution is -2.20. The minimum absolute atomic E-state index is 0.0400. The van der Waals surface area contributed by atoms with Gasteiger partial charge >= 0.3 is 0 Å². The quantitative estimate of drug-likeness (QED) is 0.482. The van der Waals surface area contributed by atoms with Crippen molar-refractivity contribution < 1.29 is 4.42 Å². The van der Waals surface area contributed by atoms with Crippen LogP contribution in [0.5, 0.6) is 0 Å². The van der Waals surface area contributed by atoms with Crippen molar-refractivity contribution in [3.63, 3.8) is 0 Å². The molecule has 0 saturated heterocycles. The number of aromatic nitrogens is 2. The monoisotopic (exact) mass is 370 g/mol. The lowest BCUT2D eigenvalue weighted by Gasteiger charge is -2.29. The highest BCUT2D eigenvalue weighted by molar-refractivity contribution is 5.58. The Bertz CT molecular complexity index is 983. The molecule has 3 nitrogen and oxygen atoms in total. The van der Waals surface area contributed by atoms with Gasteiger partial charge in [0.15, 0.2) is 0 Å². The molecule has 0 bridgehead atoms. The predicted molar refractivity (Wildman–Crippen MR) is 114 cm³/mol. The minimum Gasteiger partial charge on any atom is -0.416 e. The molecular formula is C25H26N2O. The average Bonchev–Trinajstić information content (AvgIpc) is 3.25. The molecule has 0 radical (unpaired) electrons. The predicted octanol–water partition coefficient (Wildman–Crippen LogP) is 6.74. The Balaban J connectivity index is 1.50. The van der Waals surface area contributed by atoms with Crippen molar-refractivity contribution >= 4 is 0 Å².